The minimum absolute atomic E-state index is 0.882. The van der Waals surface area contributed by atoms with Gasteiger partial charge in [0, 0.05) is 5.41 Å². The molecule has 3 fully saturated rings. The molecule has 0 N–H and O–H groups in total. The summed E-state index contributed by atoms with van der Waals surface area (Å²) >= 11 is 0. The third-order valence-corrected chi connectivity index (χ3v) is 4.77. The minimum atomic E-state index is 0.882. The molecule has 0 bridgehead atoms. The van der Waals surface area contributed by atoms with Crippen LogP contribution in [0, 0.1) is 29.1 Å². The van der Waals surface area contributed by atoms with E-state index < -0.39 is 0 Å². The Morgan fingerprint density at radius 2 is 2.40 bits per heavy atom. The van der Waals surface area contributed by atoms with Crippen LogP contribution in [-0.2, 0) is 0 Å². The van der Waals surface area contributed by atoms with E-state index in [1.165, 1.54) is 18.3 Å². The Bertz CT molecular complexity index is 347. The van der Waals surface area contributed by atoms with Crippen molar-refractivity contribution in [2.75, 3.05) is 0 Å². The lowest BCUT2D eigenvalue weighted by atomic mass is 9.53. The van der Waals surface area contributed by atoms with Gasteiger partial charge in [-0.2, -0.15) is 0 Å². The molecule has 5 unspecified atom stereocenters. The number of rotatable bonds is 0. The molecule has 5 rings (SSSR count). The first kappa shape index (κ1) is 3.75. The molecule has 1 spiro atoms. The SMILES string of the molecule is C1=CC2C3C4C5CC1=C5C243. The lowest BCUT2D eigenvalue weighted by Crippen LogP contribution is -2.42. The van der Waals surface area contributed by atoms with Crippen LogP contribution in [0.15, 0.2) is 23.3 Å². The van der Waals surface area contributed by atoms with Gasteiger partial charge in [0.05, 0.1) is 0 Å². The van der Waals surface area contributed by atoms with Gasteiger partial charge in [0.15, 0.2) is 0 Å². The molecule has 5 aliphatic rings. The van der Waals surface area contributed by atoms with Crippen LogP contribution in [-0.4, -0.2) is 0 Å². The first-order valence-electron chi connectivity index (χ1n) is 4.37. The fraction of sp³-hybridized carbons (Fsp3) is 0.600. The molecule has 3 saturated carbocycles. The van der Waals surface area contributed by atoms with Crippen molar-refractivity contribution in [2.24, 2.45) is 29.1 Å². The fourth-order valence-electron chi connectivity index (χ4n) is 4.40. The van der Waals surface area contributed by atoms with Gasteiger partial charge < -0.3 is 0 Å². The van der Waals surface area contributed by atoms with Crippen LogP contribution in [0.2, 0.25) is 0 Å². The van der Waals surface area contributed by atoms with Gasteiger partial charge in [-0.1, -0.05) is 17.7 Å². The highest BCUT2D eigenvalue weighted by atomic mass is 15.0. The lowest BCUT2D eigenvalue weighted by molar-refractivity contribution is 0.205. The molecule has 0 heteroatoms. The zero-order valence-corrected chi connectivity index (χ0v) is 5.67. The van der Waals surface area contributed by atoms with E-state index in [1.807, 2.05) is 5.57 Å². The monoisotopic (exact) mass is 128 g/mol. The second kappa shape index (κ2) is 0.677. The van der Waals surface area contributed by atoms with E-state index in [9.17, 15) is 0 Å². The molecular weight excluding hydrogens is 120 g/mol. The van der Waals surface area contributed by atoms with E-state index in [-0.39, 0.29) is 0 Å². The molecule has 5 atom stereocenters. The standard InChI is InChI=1S/C10H8/c1-2-6-9-8-5-3-4(1)7(5)10(6,8)9/h1-2,5-6,8-9H,3H2. The van der Waals surface area contributed by atoms with Gasteiger partial charge in [-0.25, -0.2) is 0 Å². The largest absolute Gasteiger partial charge is 0.0799 e. The molecule has 0 aromatic heterocycles. The molecule has 5 aliphatic carbocycles. The van der Waals surface area contributed by atoms with Crippen LogP contribution in [0.3, 0.4) is 0 Å². The normalized spacial score (nSPS) is 75.2. The Balaban J connectivity index is 2.01. The van der Waals surface area contributed by atoms with Crippen molar-refractivity contribution in [2.45, 2.75) is 6.42 Å². The molecule has 10 heavy (non-hydrogen) atoms. The maximum absolute atomic E-state index is 2.48. The van der Waals surface area contributed by atoms with E-state index in [2.05, 4.69) is 12.2 Å². The van der Waals surface area contributed by atoms with Crippen LogP contribution in [0.5, 0.6) is 0 Å². The first-order chi connectivity index (χ1) is 4.95. The number of fused-ring (bicyclic) bond motifs is 3. The quantitative estimate of drug-likeness (QED) is 0.466. The molecule has 0 aliphatic heterocycles. The van der Waals surface area contributed by atoms with Gasteiger partial charge in [0.2, 0.25) is 0 Å². The molecule has 0 heterocycles. The van der Waals surface area contributed by atoms with E-state index >= 15 is 0 Å². The van der Waals surface area contributed by atoms with Gasteiger partial charge in [0.1, 0.15) is 0 Å². The van der Waals surface area contributed by atoms with Crippen LogP contribution in [0.4, 0.5) is 0 Å². The van der Waals surface area contributed by atoms with Crippen molar-refractivity contribution in [3.8, 4) is 0 Å². The summed E-state index contributed by atoms with van der Waals surface area (Å²) < 4.78 is 0. The number of hydrogen-bond donors (Lipinski definition) is 0. The van der Waals surface area contributed by atoms with E-state index in [1.54, 1.807) is 5.57 Å². The molecule has 0 saturated heterocycles. The summed E-state index contributed by atoms with van der Waals surface area (Å²) in [5, 5.41) is 0. The Morgan fingerprint density at radius 1 is 1.40 bits per heavy atom. The second-order valence-electron chi connectivity index (χ2n) is 4.62. The Hall–Kier alpha value is -0.520. The van der Waals surface area contributed by atoms with Crippen LogP contribution in [0.25, 0.3) is 0 Å². The Kier molecular flexibility index (Phi) is 0.254. The molecule has 0 aromatic carbocycles. The van der Waals surface area contributed by atoms with E-state index in [4.69, 9.17) is 0 Å². The summed E-state index contributed by atoms with van der Waals surface area (Å²) in [6.07, 6.45) is 6.33. The predicted molar refractivity (Wildman–Crippen MR) is 37.2 cm³/mol. The second-order valence-corrected chi connectivity index (χ2v) is 4.62. The molecule has 0 aromatic rings. The van der Waals surface area contributed by atoms with Crippen molar-refractivity contribution in [3.63, 3.8) is 0 Å². The zero-order chi connectivity index (χ0) is 6.09. The summed E-state index contributed by atoms with van der Waals surface area (Å²) in [7, 11) is 0. The van der Waals surface area contributed by atoms with Crippen LogP contribution >= 0.6 is 0 Å². The van der Waals surface area contributed by atoms with Crippen LogP contribution < -0.4 is 0 Å². The molecule has 0 amide bonds. The van der Waals surface area contributed by atoms with Crippen molar-refractivity contribution < 1.29 is 0 Å². The van der Waals surface area contributed by atoms with Crippen LogP contribution in [0.1, 0.15) is 6.42 Å². The Labute approximate surface area is 59.6 Å². The Morgan fingerprint density at radius 3 is 3.30 bits per heavy atom. The third kappa shape index (κ3) is 0.134. The van der Waals surface area contributed by atoms with E-state index in [0.29, 0.717) is 0 Å². The summed E-state index contributed by atoms with van der Waals surface area (Å²) in [5.41, 5.74) is 4.54. The predicted octanol–water partition coefficient (Wildman–Crippen LogP) is 1.75. The fourth-order valence-corrected chi connectivity index (χ4v) is 4.40. The van der Waals surface area contributed by atoms with Gasteiger partial charge in [-0.3, -0.25) is 0 Å². The highest BCUT2D eigenvalue weighted by Crippen LogP contribution is 3.01. The average Bonchev–Trinajstić information content (AvgIpc) is 2.47. The summed E-state index contributed by atoms with van der Waals surface area (Å²) in [6.45, 7) is 0. The highest BCUT2D eigenvalue weighted by Gasteiger charge is 2.96. The first-order valence-corrected chi connectivity index (χ1v) is 4.37. The molecule has 48 valence electrons. The van der Waals surface area contributed by atoms with Gasteiger partial charge >= 0.3 is 0 Å². The summed E-state index contributed by atoms with van der Waals surface area (Å²) in [6, 6.07) is 0. The molecule has 0 radical (unpaired) electrons. The van der Waals surface area contributed by atoms with Crippen molar-refractivity contribution in [1.29, 1.82) is 0 Å². The third-order valence-electron chi connectivity index (χ3n) is 4.77. The zero-order valence-electron chi connectivity index (χ0n) is 5.67. The maximum Gasteiger partial charge on any atom is 0.00612 e. The number of allylic oxidation sites excluding steroid dienone is 4. The van der Waals surface area contributed by atoms with Crippen molar-refractivity contribution in [3.05, 3.63) is 23.3 Å². The van der Waals surface area contributed by atoms with Crippen molar-refractivity contribution in [1.82, 2.24) is 0 Å². The topological polar surface area (TPSA) is 0 Å². The van der Waals surface area contributed by atoms with Crippen molar-refractivity contribution >= 4 is 0 Å². The smallest absolute Gasteiger partial charge is 0.00612 e. The highest BCUT2D eigenvalue weighted by molar-refractivity contribution is 5.69. The van der Waals surface area contributed by atoms with E-state index in [0.717, 1.165) is 17.3 Å². The number of hydrogen-bond acceptors (Lipinski definition) is 0. The summed E-state index contributed by atoms with van der Waals surface area (Å²) in [4.78, 5) is 0. The van der Waals surface area contributed by atoms with Gasteiger partial charge in [-0.05, 0) is 35.7 Å². The minimum Gasteiger partial charge on any atom is -0.0799 e. The van der Waals surface area contributed by atoms with Gasteiger partial charge in [0.25, 0.3) is 0 Å². The molecule has 0 nitrogen and oxygen atoms in total. The molecular formula is C10H8. The maximum atomic E-state index is 2.48. The lowest BCUT2D eigenvalue weighted by Gasteiger charge is -2.50. The van der Waals surface area contributed by atoms with Gasteiger partial charge in [-0.15, -0.1) is 0 Å². The average molecular weight is 128 g/mol. The summed E-state index contributed by atoms with van der Waals surface area (Å²) in [5.74, 6) is 4.54.